The average Bonchev–Trinajstić information content (AvgIpc) is 2.42. The summed E-state index contributed by atoms with van der Waals surface area (Å²) in [5.41, 5.74) is 0.310. The zero-order chi connectivity index (χ0) is 15.5. The van der Waals surface area contributed by atoms with Crippen LogP contribution in [0.4, 0.5) is 0 Å². The molecule has 0 heterocycles. The number of hydrogen-bond acceptors (Lipinski definition) is 5. The number of oxime groups is 1. The Morgan fingerprint density at radius 1 is 1.19 bits per heavy atom. The fraction of sp³-hybridized carbons (Fsp3) is 0. The van der Waals surface area contributed by atoms with E-state index in [1.807, 2.05) is 0 Å². The Labute approximate surface area is 135 Å². The molecule has 0 bridgehead atoms. The van der Waals surface area contributed by atoms with Crippen LogP contribution in [-0.2, 0) is 10.1 Å². The van der Waals surface area contributed by atoms with Gasteiger partial charge in [0.25, 0.3) is 0 Å². The number of hydrogen-bond donors (Lipinski definition) is 1. The van der Waals surface area contributed by atoms with Gasteiger partial charge in [-0.15, -0.1) is 0 Å². The van der Waals surface area contributed by atoms with Crippen LogP contribution >= 0.6 is 27.5 Å². The quantitative estimate of drug-likeness (QED) is 0.374. The van der Waals surface area contributed by atoms with E-state index in [-0.39, 0.29) is 10.6 Å². The highest BCUT2D eigenvalue weighted by Crippen LogP contribution is 2.25. The minimum atomic E-state index is -4.00. The van der Waals surface area contributed by atoms with E-state index in [1.165, 1.54) is 30.3 Å². The molecule has 0 spiro atoms. The summed E-state index contributed by atoms with van der Waals surface area (Å²) < 4.78 is 30.1. The summed E-state index contributed by atoms with van der Waals surface area (Å²) in [7, 11) is -4.00. The summed E-state index contributed by atoms with van der Waals surface area (Å²) in [6.45, 7) is 0. The summed E-state index contributed by atoms with van der Waals surface area (Å²) in [5.74, 6) is 0.0472. The van der Waals surface area contributed by atoms with E-state index in [0.29, 0.717) is 15.1 Å². The van der Waals surface area contributed by atoms with E-state index < -0.39 is 10.1 Å². The summed E-state index contributed by atoms with van der Waals surface area (Å²) >= 11 is 8.96. The van der Waals surface area contributed by atoms with Gasteiger partial charge in [0.15, 0.2) is 5.75 Å². The summed E-state index contributed by atoms with van der Waals surface area (Å²) in [6, 6.07) is 10.2. The Kier molecular flexibility index (Phi) is 4.87. The van der Waals surface area contributed by atoms with E-state index in [1.54, 1.807) is 12.1 Å². The molecular formula is C13H9BrClNO4S. The highest BCUT2D eigenvalue weighted by atomic mass is 79.9. The van der Waals surface area contributed by atoms with Crippen molar-refractivity contribution >= 4 is 43.9 Å². The fourth-order valence-electron chi connectivity index (χ4n) is 1.53. The van der Waals surface area contributed by atoms with Gasteiger partial charge in [-0.1, -0.05) is 32.7 Å². The van der Waals surface area contributed by atoms with E-state index >= 15 is 0 Å². The molecule has 0 saturated heterocycles. The van der Waals surface area contributed by atoms with Crippen molar-refractivity contribution in [3.05, 3.63) is 57.5 Å². The van der Waals surface area contributed by atoms with Gasteiger partial charge in [0, 0.05) is 15.1 Å². The molecule has 2 aromatic carbocycles. The molecule has 2 rings (SSSR count). The first-order valence-corrected chi connectivity index (χ1v) is 8.17. The van der Waals surface area contributed by atoms with Crippen molar-refractivity contribution in [3.8, 4) is 5.75 Å². The van der Waals surface area contributed by atoms with Crippen molar-refractivity contribution in [3.63, 3.8) is 0 Å². The summed E-state index contributed by atoms with van der Waals surface area (Å²) in [6.07, 6.45) is 1.08. The normalized spacial score (nSPS) is 11.7. The Hall–Kier alpha value is -1.57. The molecule has 0 aliphatic carbocycles. The number of rotatable bonds is 4. The van der Waals surface area contributed by atoms with E-state index in [0.717, 1.165) is 6.21 Å². The molecule has 0 aromatic heterocycles. The largest absolute Gasteiger partial charge is 0.411 e. The number of benzene rings is 2. The highest BCUT2D eigenvalue weighted by molar-refractivity contribution is 9.10. The SMILES string of the molecule is O=S(=O)(Oc1ccc(Br)cc1/C=N\O)c1ccc(Cl)cc1. The van der Waals surface area contributed by atoms with Crippen molar-refractivity contribution in [1.29, 1.82) is 0 Å². The molecule has 5 nitrogen and oxygen atoms in total. The van der Waals surface area contributed by atoms with Gasteiger partial charge in [-0.3, -0.25) is 0 Å². The minimum absolute atomic E-state index is 0.0262. The lowest BCUT2D eigenvalue weighted by Gasteiger charge is -2.09. The lowest BCUT2D eigenvalue weighted by atomic mass is 10.2. The molecule has 0 unspecified atom stereocenters. The van der Waals surface area contributed by atoms with E-state index in [4.69, 9.17) is 21.0 Å². The first-order valence-electron chi connectivity index (χ1n) is 5.59. The van der Waals surface area contributed by atoms with Crippen LogP contribution in [0.1, 0.15) is 5.56 Å². The predicted molar refractivity (Wildman–Crippen MR) is 82.8 cm³/mol. The maximum absolute atomic E-state index is 12.2. The average molecular weight is 391 g/mol. The Morgan fingerprint density at radius 2 is 1.86 bits per heavy atom. The van der Waals surface area contributed by atoms with Gasteiger partial charge >= 0.3 is 10.1 Å². The molecule has 21 heavy (non-hydrogen) atoms. The van der Waals surface area contributed by atoms with Crippen LogP contribution in [-0.4, -0.2) is 19.8 Å². The van der Waals surface area contributed by atoms with Crippen molar-refractivity contribution < 1.29 is 17.8 Å². The maximum atomic E-state index is 12.2. The molecule has 2 aromatic rings. The highest BCUT2D eigenvalue weighted by Gasteiger charge is 2.18. The van der Waals surface area contributed by atoms with Crippen molar-refractivity contribution in [1.82, 2.24) is 0 Å². The standard InChI is InChI=1S/C13H9BrClNO4S/c14-10-1-6-13(9(7-10)8-16-17)20-21(18,19)12-4-2-11(15)3-5-12/h1-8,17H/b16-8-. The van der Waals surface area contributed by atoms with Crippen molar-refractivity contribution in [2.45, 2.75) is 4.90 Å². The van der Waals surface area contributed by atoms with Gasteiger partial charge < -0.3 is 9.39 Å². The van der Waals surface area contributed by atoms with Gasteiger partial charge in [0.2, 0.25) is 0 Å². The zero-order valence-electron chi connectivity index (χ0n) is 10.4. The van der Waals surface area contributed by atoms with E-state index in [9.17, 15) is 8.42 Å². The molecular weight excluding hydrogens is 382 g/mol. The van der Waals surface area contributed by atoms with Crippen LogP contribution in [0, 0.1) is 0 Å². The van der Waals surface area contributed by atoms with Gasteiger partial charge in [0.05, 0.1) is 6.21 Å². The molecule has 1 N–H and O–H groups in total. The molecule has 0 aliphatic rings. The first-order chi connectivity index (χ1) is 9.92. The van der Waals surface area contributed by atoms with Crippen molar-refractivity contribution in [2.24, 2.45) is 5.16 Å². The fourth-order valence-corrected chi connectivity index (χ4v) is 2.98. The third-order valence-electron chi connectivity index (χ3n) is 2.47. The van der Waals surface area contributed by atoms with Crippen LogP contribution in [0.15, 0.2) is 57.0 Å². The van der Waals surface area contributed by atoms with E-state index in [2.05, 4.69) is 21.1 Å². The Morgan fingerprint density at radius 3 is 2.48 bits per heavy atom. The van der Waals surface area contributed by atoms with Gasteiger partial charge in [-0.25, -0.2) is 0 Å². The topological polar surface area (TPSA) is 76.0 Å². The van der Waals surface area contributed by atoms with Crippen LogP contribution < -0.4 is 4.18 Å². The second-order valence-corrected chi connectivity index (χ2v) is 6.82. The van der Waals surface area contributed by atoms with Gasteiger partial charge in [-0.05, 0) is 42.5 Å². The molecule has 0 atom stereocenters. The second-order valence-electron chi connectivity index (χ2n) is 3.92. The summed E-state index contributed by atoms with van der Waals surface area (Å²) in [5, 5.41) is 11.9. The van der Waals surface area contributed by atoms with Crippen molar-refractivity contribution in [2.75, 3.05) is 0 Å². The lowest BCUT2D eigenvalue weighted by Crippen LogP contribution is -2.10. The predicted octanol–water partition coefficient (Wildman–Crippen LogP) is 3.68. The molecule has 0 aliphatic heterocycles. The molecule has 0 fully saturated rings. The third-order valence-corrected chi connectivity index (χ3v) is 4.46. The Bertz CT molecular complexity index is 775. The maximum Gasteiger partial charge on any atom is 0.339 e. The molecule has 0 radical (unpaired) electrons. The third kappa shape index (κ3) is 3.96. The number of halogens is 2. The van der Waals surface area contributed by atoms with Gasteiger partial charge in [0.1, 0.15) is 4.90 Å². The smallest absolute Gasteiger partial charge is 0.339 e. The molecule has 0 amide bonds. The summed E-state index contributed by atoms with van der Waals surface area (Å²) in [4.78, 5) is -0.0262. The molecule has 8 heteroatoms. The molecule has 0 saturated carbocycles. The minimum Gasteiger partial charge on any atom is -0.411 e. The Balaban J connectivity index is 2.39. The van der Waals surface area contributed by atoms with Gasteiger partial charge in [-0.2, -0.15) is 8.42 Å². The van der Waals surface area contributed by atoms with Crippen LogP contribution in [0.3, 0.4) is 0 Å². The second kappa shape index (κ2) is 6.46. The van der Waals surface area contributed by atoms with Crippen LogP contribution in [0.5, 0.6) is 5.75 Å². The molecule has 110 valence electrons. The monoisotopic (exact) mass is 389 g/mol. The first kappa shape index (κ1) is 15.8. The zero-order valence-corrected chi connectivity index (χ0v) is 13.6. The van der Waals surface area contributed by atoms with Crippen LogP contribution in [0.2, 0.25) is 5.02 Å². The van der Waals surface area contributed by atoms with Crippen LogP contribution in [0.25, 0.3) is 0 Å². The number of nitrogens with zero attached hydrogens (tertiary/aromatic N) is 1. The lowest BCUT2D eigenvalue weighted by molar-refractivity contribution is 0.321.